The fraction of sp³-hybridized carbons (Fsp3) is 0.143. The lowest BCUT2D eigenvalue weighted by molar-refractivity contribution is -0.113. The predicted molar refractivity (Wildman–Crippen MR) is 116 cm³/mol. The average molecular weight is 413 g/mol. The van der Waals surface area contributed by atoms with Gasteiger partial charge in [-0.3, -0.25) is 4.79 Å². The van der Waals surface area contributed by atoms with Crippen LogP contribution in [-0.4, -0.2) is 24.7 Å². The van der Waals surface area contributed by atoms with Crippen LogP contribution in [-0.2, 0) is 9.53 Å². The molecule has 3 N–H and O–H groups in total. The summed E-state index contributed by atoms with van der Waals surface area (Å²) in [5.74, 6) is -0.465. The number of carbonyl (C=O) groups is 2. The van der Waals surface area contributed by atoms with Gasteiger partial charge in [-0.25, -0.2) is 4.79 Å². The zero-order valence-electron chi connectivity index (χ0n) is 15.5. The maximum atomic E-state index is 12.4. The van der Waals surface area contributed by atoms with Crippen LogP contribution in [0.2, 0.25) is 0 Å². The van der Waals surface area contributed by atoms with Gasteiger partial charge in [0.25, 0.3) is 0 Å². The lowest BCUT2D eigenvalue weighted by atomic mass is 10.0. The zero-order valence-corrected chi connectivity index (χ0v) is 17.2. The van der Waals surface area contributed by atoms with E-state index in [4.69, 9.17) is 10.5 Å². The first-order chi connectivity index (χ1) is 13.5. The number of thioether (sulfide) groups is 1. The van der Waals surface area contributed by atoms with Crippen LogP contribution >= 0.6 is 23.1 Å². The van der Waals surface area contributed by atoms with Gasteiger partial charge in [0.1, 0.15) is 10.6 Å². The molecule has 0 aliphatic rings. The topological polar surface area (TPSA) is 81.4 Å². The van der Waals surface area contributed by atoms with Crippen molar-refractivity contribution < 1.29 is 14.3 Å². The van der Waals surface area contributed by atoms with E-state index in [-0.39, 0.29) is 11.7 Å². The van der Waals surface area contributed by atoms with Crippen LogP contribution in [0.1, 0.15) is 15.9 Å². The van der Waals surface area contributed by atoms with Gasteiger partial charge in [0.15, 0.2) is 0 Å². The minimum absolute atomic E-state index is 0.199. The van der Waals surface area contributed by atoms with Gasteiger partial charge in [0.05, 0.1) is 12.9 Å². The molecule has 5 nitrogen and oxygen atoms in total. The minimum atomic E-state index is -0.476. The molecular formula is C21H20N2O3S2. The van der Waals surface area contributed by atoms with E-state index < -0.39 is 5.97 Å². The van der Waals surface area contributed by atoms with Crippen LogP contribution in [0, 0.1) is 6.92 Å². The maximum absolute atomic E-state index is 12.4. The van der Waals surface area contributed by atoms with E-state index in [2.05, 4.69) is 5.32 Å². The summed E-state index contributed by atoms with van der Waals surface area (Å²) < 4.78 is 4.94. The van der Waals surface area contributed by atoms with Gasteiger partial charge in [-0.2, -0.15) is 0 Å². The molecule has 0 saturated heterocycles. The Balaban J connectivity index is 1.78. The highest BCUT2D eigenvalue weighted by molar-refractivity contribution is 8.00. The Kier molecular flexibility index (Phi) is 6.38. The van der Waals surface area contributed by atoms with Crippen molar-refractivity contribution in [1.82, 2.24) is 0 Å². The van der Waals surface area contributed by atoms with E-state index in [0.717, 1.165) is 21.6 Å². The van der Waals surface area contributed by atoms with E-state index in [9.17, 15) is 9.59 Å². The van der Waals surface area contributed by atoms with Gasteiger partial charge < -0.3 is 15.8 Å². The number of nitrogens with two attached hydrogens (primary N) is 1. The molecule has 0 bridgehead atoms. The zero-order chi connectivity index (χ0) is 20.1. The summed E-state index contributed by atoms with van der Waals surface area (Å²) in [7, 11) is 1.33. The number of hydrogen-bond donors (Lipinski definition) is 2. The number of nitrogen functional groups attached to an aromatic ring is 1. The monoisotopic (exact) mass is 412 g/mol. The van der Waals surface area contributed by atoms with Crippen molar-refractivity contribution in [1.29, 1.82) is 0 Å². The molecule has 0 atom stereocenters. The van der Waals surface area contributed by atoms with Crippen molar-refractivity contribution in [3.63, 3.8) is 0 Å². The van der Waals surface area contributed by atoms with Crippen LogP contribution in [0.3, 0.4) is 0 Å². The first-order valence-corrected chi connectivity index (χ1v) is 10.4. The van der Waals surface area contributed by atoms with E-state index in [1.54, 1.807) is 6.07 Å². The number of esters is 1. The Morgan fingerprint density at radius 2 is 1.93 bits per heavy atom. The number of thiophene rings is 1. The first kappa shape index (κ1) is 20.0. The van der Waals surface area contributed by atoms with E-state index >= 15 is 0 Å². The van der Waals surface area contributed by atoms with Crippen molar-refractivity contribution >= 4 is 45.7 Å². The third-order valence-corrected chi connectivity index (χ3v) is 5.91. The Labute approximate surface area is 171 Å². The minimum Gasteiger partial charge on any atom is -0.465 e. The second-order valence-electron chi connectivity index (χ2n) is 6.12. The standard InChI is InChI=1S/C21H20N2O3S2/c1-13-6-8-14(9-7-13)17-11-28-20(19(17)21(25)26-2)23-18(24)12-27-16-5-3-4-15(22)10-16/h3-11H,12,22H2,1-2H3,(H,23,24). The number of aryl methyl sites for hydroxylation is 1. The number of ether oxygens (including phenoxy) is 1. The third-order valence-electron chi connectivity index (χ3n) is 4.02. The number of benzene rings is 2. The van der Waals surface area contributed by atoms with Crippen LogP contribution in [0.4, 0.5) is 10.7 Å². The van der Waals surface area contributed by atoms with Crippen LogP contribution in [0.5, 0.6) is 0 Å². The number of carbonyl (C=O) groups excluding carboxylic acids is 2. The van der Waals surface area contributed by atoms with E-state index in [1.165, 1.54) is 30.2 Å². The van der Waals surface area contributed by atoms with Crippen molar-refractivity contribution in [2.75, 3.05) is 23.9 Å². The normalized spacial score (nSPS) is 10.5. The summed E-state index contributed by atoms with van der Waals surface area (Å²) in [5.41, 5.74) is 9.56. The molecule has 28 heavy (non-hydrogen) atoms. The second-order valence-corrected chi connectivity index (χ2v) is 8.05. The fourth-order valence-corrected chi connectivity index (χ4v) is 4.35. The third kappa shape index (κ3) is 4.74. The smallest absolute Gasteiger partial charge is 0.341 e. The molecule has 1 aromatic heterocycles. The largest absolute Gasteiger partial charge is 0.465 e. The molecule has 3 aromatic rings. The summed E-state index contributed by atoms with van der Waals surface area (Å²) in [6.45, 7) is 2.00. The summed E-state index contributed by atoms with van der Waals surface area (Å²) >= 11 is 2.69. The van der Waals surface area contributed by atoms with Gasteiger partial charge in [0, 0.05) is 21.5 Å². The van der Waals surface area contributed by atoms with Crippen LogP contribution in [0.25, 0.3) is 11.1 Å². The SMILES string of the molecule is COC(=O)c1c(-c2ccc(C)cc2)csc1NC(=O)CSc1cccc(N)c1. The molecular weight excluding hydrogens is 392 g/mol. The quantitative estimate of drug-likeness (QED) is 0.344. The van der Waals surface area contributed by atoms with Crippen molar-refractivity contribution in [3.8, 4) is 11.1 Å². The van der Waals surface area contributed by atoms with E-state index in [0.29, 0.717) is 16.3 Å². The van der Waals surface area contributed by atoms with Gasteiger partial charge >= 0.3 is 5.97 Å². The molecule has 0 unspecified atom stereocenters. The Bertz CT molecular complexity index is 997. The lowest BCUT2D eigenvalue weighted by Crippen LogP contribution is -2.16. The maximum Gasteiger partial charge on any atom is 0.341 e. The van der Waals surface area contributed by atoms with Crippen molar-refractivity contribution in [2.45, 2.75) is 11.8 Å². The molecule has 7 heteroatoms. The molecule has 0 aliphatic heterocycles. The Morgan fingerprint density at radius 1 is 1.18 bits per heavy atom. The molecule has 1 heterocycles. The fourth-order valence-electron chi connectivity index (χ4n) is 2.62. The summed E-state index contributed by atoms with van der Waals surface area (Å²) in [5, 5.41) is 5.18. The number of amides is 1. The van der Waals surface area contributed by atoms with Gasteiger partial charge in [-0.05, 0) is 30.7 Å². The van der Waals surface area contributed by atoms with Crippen LogP contribution in [0.15, 0.2) is 58.8 Å². The molecule has 0 aliphatic carbocycles. The second kappa shape index (κ2) is 8.95. The average Bonchev–Trinajstić information content (AvgIpc) is 3.10. The molecule has 0 fully saturated rings. The Hall–Kier alpha value is -2.77. The summed E-state index contributed by atoms with van der Waals surface area (Å²) in [6, 6.07) is 15.2. The molecule has 0 spiro atoms. The molecule has 1 amide bonds. The highest BCUT2D eigenvalue weighted by Crippen LogP contribution is 2.36. The van der Waals surface area contributed by atoms with Gasteiger partial charge in [0.2, 0.25) is 5.91 Å². The summed E-state index contributed by atoms with van der Waals surface area (Å²) in [4.78, 5) is 25.7. The number of hydrogen-bond acceptors (Lipinski definition) is 6. The molecule has 144 valence electrons. The predicted octanol–water partition coefficient (Wildman–Crippen LogP) is 4.82. The first-order valence-electron chi connectivity index (χ1n) is 8.53. The van der Waals surface area contributed by atoms with Crippen molar-refractivity contribution in [2.24, 2.45) is 0 Å². The highest BCUT2D eigenvalue weighted by atomic mass is 32.2. The Morgan fingerprint density at radius 3 is 2.61 bits per heavy atom. The molecule has 2 aromatic carbocycles. The lowest BCUT2D eigenvalue weighted by Gasteiger charge is -2.08. The van der Waals surface area contributed by atoms with Crippen molar-refractivity contribution in [3.05, 3.63) is 65.0 Å². The molecule has 0 saturated carbocycles. The number of methoxy groups -OCH3 is 1. The highest BCUT2D eigenvalue weighted by Gasteiger charge is 2.22. The number of anilines is 2. The van der Waals surface area contributed by atoms with Gasteiger partial charge in [-0.15, -0.1) is 23.1 Å². The van der Waals surface area contributed by atoms with E-state index in [1.807, 2.05) is 54.8 Å². The summed E-state index contributed by atoms with van der Waals surface area (Å²) in [6.07, 6.45) is 0. The molecule has 3 rings (SSSR count). The molecule has 0 radical (unpaired) electrons. The number of nitrogens with one attached hydrogen (secondary N) is 1. The van der Waals surface area contributed by atoms with Gasteiger partial charge in [-0.1, -0.05) is 35.9 Å². The van der Waals surface area contributed by atoms with Crippen LogP contribution < -0.4 is 11.1 Å². The number of rotatable bonds is 6.